The molecule has 2 aromatic rings. The first-order valence-electron chi connectivity index (χ1n) is 4.00. The number of ether oxygens (including phenoxy) is 1. The predicted octanol–water partition coefficient (Wildman–Crippen LogP) is 3.61. The molecule has 0 N–H and O–H groups in total. The molecule has 72 valence electrons. The van der Waals surface area contributed by atoms with Crippen LogP contribution in [0.1, 0.15) is 0 Å². The normalized spacial score (nSPS) is 10.5. The fraction of sp³-hybridized carbons (Fsp3) is 0.100. The smallest absolute Gasteiger partial charge is 0.148 e. The second-order valence-electron chi connectivity index (χ2n) is 2.78. The van der Waals surface area contributed by atoms with E-state index in [1.165, 1.54) is 0 Å². The number of benzene rings is 1. The Balaban J connectivity index is 2.86. The average Bonchev–Trinajstić information content (AvgIpc) is 2.18. The van der Waals surface area contributed by atoms with E-state index in [0.29, 0.717) is 0 Å². The first-order chi connectivity index (χ1) is 6.74. The van der Waals surface area contributed by atoms with Gasteiger partial charge in [0.25, 0.3) is 0 Å². The molecule has 0 aliphatic carbocycles. The summed E-state index contributed by atoms with van der Waals surface area (Å²) in [5, 5.41) is 1.12. The number of aromatic nitrogens is 1. The molecule has 14 heavy (non-hydrogen) atoms. The molecule has 2 rings (SSSR count). The highest BCUT2D eigenvalue weighted by molar-refractivity contribution is 14.1. The van der Waals surface area contributed by atoms with Crippen LogP contribution >= 0.6 is 38.5 Å². The largest absolute Gasteiger partial charge is 0.494 e. The van der Waals surface area contributed by atoms with Gasteiger partial charge in [-0.1, -0.05) is 6.07 Å². The van der Waals surface area contributed by atoms with Crippen molar-refractivity contribution in [2.45, 2.75) is 0 Å². The van der Waals surface area contributed by atoms with Crippen LogP contribution in [0.25, 0.3) is 10.9 Å². The molecule has 4 heteroatoms. The molecule has 2 nitrogen and oxygen atoms in total. The van der Waals surface area contributed by atoms with Crippen LogP contribution in [-0.4, -0.2) is 12.1 Å². The Morgan fingerprint density at radius 3 is 3.00 bits per heavy atom. The van der Waals surface area contributed by atoms with E-state index in [2.05, 4.69) is 49.6 Å². The van der Waals surface area contributed by atoms with E-state index < -0.39 is 0 Å². The summed E-state index contributed by atoms with van der Waals surface area (Å²) in [5.74, 6) is 0.844. The van der Waals surface area contributed by atoms with Crippen molar-refractivity contribution in [1.82, 2.24) is 4.98 Å². The summed E-state index contributed by atoms with van der Waals surface area (Å²) in [6.07, 6.45) is 1.78. The summed E-state index contributed by atoms with van der Waals surface area (Å²) in [7, 11) is 1.66. The second-order valence-corrected chi connectivity index (χ2v) is 4.74. The van der Waals surface area contributed by atoms with Gasteiger partial charge in [-0.25, -0.2) is 0 Å². The third-order valence-electron chi connectivity index (χ3n) is 1.95. The van der Waals surface area contributed by atoms with Crippen molar-refractivity contribution in [3.63, 3.8) is 0 Å². The molecule has 0 spiro atoms. The lowest BCUT2D eigenvalue weighted by Gasteiger charge is -2.08. The first kappa shape index (κ1) is 10.2. The predicted molar refractivity (Wildman–Crippen MR) is 68.7 cm³/mol. The van der Waals surface area contributed by atoms with Crippen molar-refractivity contribution in [3.05, 3.63) is 32.4 Å². The van der Waals surface area contributed by atoms with Crippen LogP contribution in [0.5, 0.6) is 5.75 Å². The minimum absolute atomic E-state index is 0.844. The van der Waals surface area contributed by atoms with Crippen LogP contribution in [0.15, 0.2) is 28.9 Å². The summed E-state index contributed by atoms with van der Waals surface area (Å²) < 4.78 is 7.29. The number of pyridine rings is 1. The van der Waals surface area contributed by atoms with Gasteiger partial charge in [-0.15, -0.1) is 0 Å². The highest BCUT2D eigenvalue weighted by atomic mass is 127. The number of fused-ring (bicyclic) bond motifs is 1. The van der Waals surface area contributed by atoms with Crippen LogP contribution in [0, 0.1) is 3.57 Å². The quantitative estimate of drug-likeness (QED) is 0.722. The number of methoxy groups -OCH3 is 1. The van der Waals surface area contributed by atoms with E-state index >= 15 is 0 Å². The molecule has 0 saturated carbocycles. The Morgan fingerprint density at radius 1 is 1.50 bits per heavy atom. The van der Waals surface area contributed by atoms with Gasteiger partial charge in [-0.3, -0.25) is 4.98 Å². The summed E-state index contributed by atoms with van der Waals surface area (Å²) in [5.41, 5.74) is 0.935. The van der Waals surface area contributed by atoms with Crippen LogP contribution in [-0.2, 0) is 0 Å². The molecule has 1 heterocycles. The molecule has 0 bridgehead atoms. The Kier molecular flexibility index (Phi) is 2.92. The van der Waals surface area contributed by atoms with Gasteiger partial charge < -0.3 is 4.74 Å². The van der Waals surface area contributed by atoms with Gasteiger partial charge in [0.1, 0.15) is 5.75 Å². The standard InChI is InChI=1S/C10H7BrINO/c1-14-10-7(12)5-6-3-2-4-13-9(6)8(10)11/h2-5H,1H3. The van der Waals surface area contributed by atoms with Crippen LogP contribution < -0.4 is 4.74 Å². The lowest BCUT2D eigenvalue weighted by Crippen LogP contribution is -1.90. The molecular formula is C10H7BrINO. The van der Waals surface area contributed by atoms with Gasteiger partial charge in [0.15, 0.2) is 0 Å². The van der Waals surface area contributed by atoms with Gasteiger partial charge in [-0.05, 0) is 50.7 Å². The van der Waals surface area contributed by atoms with Crippen molar-refractivity contribution < 1.29 is 4.74 Å². The minimum atomic E-state index is 0.844. The van der Waals surface area contributed by atoms with E-state index in [9.17, 15) is 0 Å². The molecule has 0 amide bonds. The summed E-state index contributed by atoms with van der Waals surface area (Å²) in [6, 6.07) is 6.03. The van der Waals surface area contributed by atoms with Crippen LogP contribution in [0.2, 0.25) is 0 Å². The number of hydrogen-bond donors (Lipinski definition) is 0. The second kappa shape index (κ2) is 4.02. The maximum atomic E-state index is 5.29. The molecule has 0 atom stereocenters. The van der Waals surface area contributed by atoms with Crippen molar-refractivity contribution in [2.75, 3.05) is 7.11 Å². The zero-order valence-corrected chi connectivity index (χ0v) is 11.2. The Morgan fingerprint density at radius 2 is 2.29 bits per heavy atom. The van der Waals surface area contributed by atoms with E-state index in [1.807, 2.05) is 12.1 Å². The average molecular weight is 364 g/mol. The number of hydrogen-bond acceptors (Lipinski definition) is 2. The molecule has 0 saturated heterocycles. The molecule has 0 radical (unpaired) electrons. The van der Waals surface area contributed by atoms with Crippen LogP contribution in [0.3, 0.4) is 0 Å². The molecule has 0 fully saturated rings. The highest BCUT2D eigenvalue weighted by Crippen LogP contribution is 2.35. The maximum Gasteiger partial charge on any atom is 0.148 e. The third kappa shape index (κ3) is 1.61. The van der Waals surface area contributed by atoms with Gasteiger partial charge in [0.2, 0.25) is 0 Å². The number of rotatable bonds is 1. The van der Waals surface area contributed by atoms with E-state index in [1.54, 1.807) is 13.3 Å². The maximum absolute atomic E-state index is 5.29. The van der Waals surface area contributed by atoms with Gasteiger partial charge in [-0.2, -0.15) is 0 Å². The van der Waals surface area contributed by atoms with E-state index in [0.717, 1.165) is 24.7 Å². The molecule has 0 aliphatic heterocycles. The van der Waals surface area contributed by atoms with Crippen LogP contribution in [0.4, 0.5) is 0 Å². The highest BCUT2D eigenvalue weighted by Gasteiger charge is 2.10. The fourth-order valence-electron chi connectivity index (χ4n) is 1.32. The van der Waals surface area contributed by atoms with Crippen molar-refractivity contribution in [3.8, 4) is 5.75 Å². The Bertz CT molecular complexity index is 487. The first-order valence-corrected chi connectivity index (χ1v) is 5.88. The lowest BCUT2D eigenvalue weighted by atomic mass is 10.2. The van der Waals surface area contributed by atoms with Gasteiger partial charge in [0.05, 0.1) is 20.7 Å². The summed E-state index contributed by atoms with van der Waals surface area (Å²) in [6.45, 7) is 0. The summed E-state index contributed by atoms with van der Waals surface area (Å²) in [4.78, 5) is 4.30. The van der Waals surface area contributed by atoms with E-state index in [4.69, 9.17) is 4.74 Å². The third-order valence-corrected chi connectivity index (χ3v) is 3.49. The zero-order chi connectivity index (χ0) is 10.1. The van der Waals surface area contributed by atoms with Crippen molar-refractivity contribution in [2.24, 2.45) is 0 Å². The minimum Gasteiger partial charge on any atom is -0.494 e. The molecule has 1 aromatic heterocycles. The van der Waals surface area contributed by atoms with Gasteiger partial charge >= 0.3 is 0 Å². The van der Waals surface area contributed by atoms with E-state index in [-0.39, 0.29) is 0 Å². The number of nitrogens with zero attached hydrogens (tertiary/aromatic N) is 1. The Labute approximate surface area is 104 Å². The molecule has 0 unspecified atom stereocenters. The number of halogens is 2. The molecule has 0 aliphatic rings. The SMILES string of the molecule is COc1c(I)cc2cccnc2c1Br. The molecular weight excluding hydrogens is 357 g/mol. The topological polar surface area (TPSA) is 22.1 Å². The lowest BCUT2D eigenvalue weighted by molar-refractivity contribution is 0.410. The molecule has 1 aromatic carbocycles. The van der Waals surface area contributed by atoms with Crippen molar-refractivity contribution in [1.29, 1.82) is 0 Å². The Hall–Kier alpha value is -0.360. The summed E-state index contributed by atoms with van der Waals surface area (Å²) >= 11 is 5.75. The van der Waals surface area contributed by atoms with Gasteiger partial charge in [0, 0.05) is 11.6 Å². The van der Waals surface area contributed by atoms with Crippen molar-refractivity contribution >= 4 is 49.4 Å². The monoisotopic (exact) mass is 363 g/mol. The zero-order valence-electron chi connectivity index (χ0n) is 7.42. The fourth-order valence-corrected chi connectivity index (χ4v) is 3.22.